The van der Waals surface area contributed by atoms with Gasteiger partial charge in [0.1, 0.15) is 11.9 Å². The van der Waals surface area contributed by atoms with Gasteiger partial charge in [-0.25, -0.2) is 14.4 Å². The smallest absolute Gasteiger partial charge is 0.232 e. The maximum atomic E-state index is 14.4. The van der Waals surface area contributed by atoms with Gasteiger partial charge in [0.25, 0.3) is 0 Å². The highest BCUT2D eigenvalue weighted by Crippen LogP contribution is 2.32. The van der Waals surface area contributed by atoms with Crippen molar-refractivity contribution in [2.24, 2.45) is 0 Å². The fourth-order valence-electron chi connectivity index (χ4n) is 3.68. The average molecular weight is 364 g/mol. The number of nitrogens with one attached hydrogen (secondary N) is 1. The topological polar surface area (TPSA) is 80.2 Å². The summed E-state index contributed by atoms with van der Waals surface area (Å²) >= 11 is 0. The number of piperidine rings is 1. The quantitative estimate of drug-likeness (QED) is 0.696. The number of aromatic hydroxyl groups is 1. The number of phenols is 1. The summed E-state index contributed by atoms with van der Waals surface area (Å²) in [4.78, 5) is 12.7. The molecule has 0 aliphatic carbocycles. The van der Waals surface area contributed by atoms with Crippen LogP contribution in [0.2, 0.25) is 0 Å². The van der Waals surface area contributed by atoms with Gasteiger partial charge in [-0.2, -0.15) is 0 Å². The van der Waals surface area contributed by atoms with Gasteiger partial charge in [-0.1, -0.05) is 12.2 Å². The van der Waals surface area contributed by atoms with Crippen molar-refractivity contribution < 1.29 is 14.2 Å². The molecule has 2 aliphatic rings. The number of pyridine rings is 1. The summed E-state index contributed by atoms with van der Waals surface area (Å²) in [7, 11) is 0. The molecule has 4 atom stereocenters. The number of phenolic OH excluding ortho intramolecular Hbond substituents is 1. The molecule has 1 aromatic carbocycles. The zero-order valence-corrected chi connectivity index (χ0v) is 14.3. The highest BCUT2D eigenvalue weighted by molar-refractivity contribution is 5.89. The standard InChI is InChI=1S/C20H17FN4O2/c21-20-15-2-1-13(25-15)7-18(20)27-19-10-23-16(9-24-19)14-5-11-3-4-22-8-12(11)6-17(14)26/h1-6,8-10,13,15,18,20,25-26H,7H2/t13?,15?,18-,20-/m0/s1. The van der Waals surface area contributed by atoms with E-state index in [-0.39, 0.29) is 23.7 Å². The maximum absolute atomic E-state index is 14.4. The Morgan fingerprint density at radius 2 is 2.04 bits per heavy atom. The molecule has 3 aromatic rings. The summed E-state index contributed by atoms with van der Waals surface area (Å²) in [5, 5.41) is 15.3. The molecule has 0 spiro atoms. The molecular weight excluding hydrogens is 347 g/mol. The Bertz CT molecular complexity index is 1020. The van der Waals surface area contributed by atoms with Gasteiger partial charge in [-0.15, -0.1) is 0 Å². The number of aromatic nitrogens is 3. The van der Waals surface area contributed by atoms with E-state index in [0.29, 0.717) is 17.7 Å². The number of nitrogens with zero attached hydrogens (tertiary/aromatic N) is 3. The van der Waals surface area contributed by atoms with Crippen LogP contribution in [-0.2, 0) is 0 Å². The van der Waals surface area contributed by atoms with Crippen molar-refractivity contribution in [2.45, 2.75) is 30.8 Å². The van der Waals surface area contributed by atoms with Gasteiger partial charge < -0.3 is 15.2 Å². The Morgan fingerprint density at radius 1 is 1.11 bits per heavy atom. The molecule has 0 radical (unpaired) electrons. The molecule has 1 fully saturated rings. The Balaban J connectivity index is 1.38. The van der Waals surface area contributed by atoms with Crippen molar-refractivity contribution in [3.8, 4) is 22.9 Å². The van der Waals surface area contributed by atoms with Gasteiger partial charge in [0, 0.05) is 35.8 Å². The Kier molecular flexibility index (Phi) is 3.75. The van der Waals surface area contributed by atoms with E-state index in [0.717, 1.165) is 10.8 Å². The van der Waals surface area contributed by atoms with E-state index in [1.54, 1.807) is 18.5 Å². The van der Waals surface area contributed by atoms with Crippen molar-refractivity contribution in [2.75, 3.05) is 0 Å². The van der Waals surface area contributed by atoms with Crippen LogP contribution in [0.15, 0.2) is 55.1 Å². The fourth-order valence-corrected chi connectivity index (χ4v) is 3.68. The molecule has 0 saturated carbocycles. The van der Waals surface area contributed by atoms with Crippen LogP contribution in [0.5, 0.6) is 11.6 Å². The van der Waals surface area contributed by atoms with Crippen molar-refractivity contribution in [1.29, 1.82) is 0 Å². The van der Waals surface area contributed by atoms with E-state index in [1.165, 1.54) is 12.4 Å². The second-order valence-corrected chi connectivity index (χ2v) is 6.85. The van der Waals surface area contributed by atoms with Gasteiger partial charge in [0.05, 0.1) is 24.1 Å². The summed E-state index contributed by atoms with van der Waals surface area (Å²) in [6, 6.07) is 5.19. The third-order valence-electron chi connectivity index (χ3n) is 5.07. The van der Waals surface area contributed by atoms with E-state index in [4.69, 9.17) is 4.74 Å². The zero-order chi connectivity index (χ0) is 18.4. The van der Waals surface area contributed by atoms with Crippen molar-refractivity contribution in [3.63, 3.8) is 0 Å². The molecule has 2 unspecified atom stereocenters. The molecule has 2 aromatic heterocycles. The largest absolute Gasteiger partial charge is 0.507 e. The number of hydrogen-bond acceptors (Lipinski definition) is 6. The zero-order valence-electron chi connectivity index (χ0n) is 14.3. The maximum Gasteiger partial charge on any atom is 0.232 e. The lowest BCUT2D eigenvalue weighted by molar-refractivity contribution is 0.0479. The molecule has 0 amide bonds. The predicted molar refractivity (Wildman–Crippen MR) is 98.2 cm³/mol. The Morgan fingerprint density at radius 3 is 2.89 bits per heavy atom. The highest BCUT2D eigenvalue weighted by atomic mass is 19.1. The first-order chi connectivity index (χ1) is 13.2. The normalized spacial score (nSPS) is 26.4. The molecule has 7 heteroatoms. The number of ether oxygens (including phenoxy) is 1. The van der Waals surface area contributed by atoms with Crippen LogP contribution >= 0.6 is 0 Å². The monoisotopic (exact) mass is 364 g/mol. The van der Waals surface area contributed by atoms with E-state index in [1.807, 2.05) is 24.3 Å². The van der Waals surface area contributed by atoms with Crippen molar-refractivity contribution in [1.82, 2.24) is 20.3 Å². The molecule has 136 valence electrons. The number of hydrogen-bond donors (Lipinski definition) is 2. The molecule has 4 heterocycles. The average Bonchev–Trinajstić information content (AvgIpc) is 3.10. The van der Waals surface area contributed by atoms with Crippen molar-refractivity contribution in [3.05, 3.63) is 55.1 Å². The van der Waals surface area contributed by atoms with Crippen LogP contribution in [0, 0.1) is 0 Å². The van der Waals surface area contributed by atoms with E-state index in [9.17, 15) is 9.50 Å². The number of alkyl halides is 1. The number of fused-ring (bicyclic) bond motifs is 3. The van der Waals surface area contributed by atoms with Crippen LogP contribution in [0.1, 0.15) is 6.42 Å². The molecule has 1 saturated heterocycles. The molecule has 5 rings (SSSR count). The lowest BCUT2D eigenvalue weighted by atomic mass is 9.99. The fraction of sp³-hybridized carbons (Fsp3) is 0.250. The summed E-state index contributed by atoms with van der Waals surface area (Å²) < 4.78 is 20.2. The van der Waals surface area contributed by atoms with E-state index < -0.39 is 12.3 Å². The summed E-state index contributed by atoms with van der Waals surface area (Å²) in [5.41, 5.74) is 1.09. The molecule has 6 nitrogen and oxygen atoms in total. The minimum absolute atomic E-state index is 0.100. The Hall–Kier alpha value is -3.06. The van der Waals surface area contributed by atoms with Gasteiger partial charge in [0.15, 0.2) is 6.17 Å². The molecule has 2 N–H and O–H groups in total. The molecule has 27 heavy (non-hydrogen) atoms. The molecular formula is C20H17FN4O2. The van der Waals surface area contributed by atoms with E-state index in [2.05, 4.69) is 20.3 Å². The minimum atomic E-state index is -1.13. The van der Waals surface area contributed by atoms with Crippen LogP contribution in [0.3, 0.4) is 0 Å². The number of rotatable bonds is 3. The van der Waals surface area contributed by atoms with E-state index >= 15 is 0 Å². The first kappa shape index (κ1) is 16.1. The van der Waals surface area contributed by atoms with Crippen LogP contribution in [-0.4, -0.2) is 44.4 Å². The van der Waals surface area contributed by atoms with Gasteiger partial charge in [0.2, 0.25) is 5.88 Å². The van der Waals surface area contributed by atoms with Crippen LogP contribution in [0.25, 0.3) is 22.0 Å². The lowest BCUT2D eigenvalue weighted by Gasteiger charge is -2.32. The first-order valence-corrected chi connectivity index (χ1v) is 8.81. The van der Waals surface area contributed by atoms with Gasteiger partial charge in [-0.05, 0) is 23.6 Å². The second kappa shape index (κ2) is 6.28. The van der Waals surface area contributed by atoms with Gasteiger partial charge in [-0.3, -0.25) is 4.98 Å². The minimum Gasteiger partial charge on any atom is -0.507 e. The highest BCUT2D eigenvalue weighted by Gasteiger charge is 2.40. The summed E-state index contributed by atoms with van der Waals surface area (Å²) in [6.07, 6.45) is 9.08. The van der Waals surface area contributed by atoms with Gasteiger partial charge >= 0.3 is 0 Å². The summed E-state index contributed by atoms with van der Waals surface area (Å²) in [6.45, 7) is 0. The van der Waals surface area contributed by atoms with Crippen LogP contribution < -0.4 is 10.1 Å². The second-order valence-electron chi connectivity index (χ2n) is 6.85. The first-order valence-electron chi connectivity index (χ1n) is 8.81. The molecule has 2 aliphatic heterocycles. The predicted octanol–water partition coefficient (Wildman–Crippen LogP) is 2.78. The number of halogens is 1. The summed E-state index contributed by atoms with van der Waals surface area (Å²) in [5.74, 6) is 0.375. The number of benzene rings is 1. The third-order valence-corrected chi connectivity index (χ3v) is 5.07. The van der Waals surface area contributed by atoms with Crippen molar-refractivity contribution >= 4 is 10.8 Å². The Labute approximate surface area is 154 Å². The van der Waals surface area contributed by atoms with Crippen LogP contribution in [0.4, 0.5) is 4.39 Å². The third kappa shape index (κ3) is 2.90. The lowest BCUT2D eigenvalue weighted by Crippen LogP contribution is -2.52. The molecule has 2 bridgehead atoms. The SMILES string of the molecule is Oc1cc2cnccc2cc1-c1cnc(O[C@H]2CC3C=CC(N3)[C@@H]2F)cn1.